The third kappa shape index (κ3) is 3.65. The van der Waals surface area contributed by atoms with E-state index in [0.29, 0.717) is 11.3 Å². The van der Waals surface area contributed by atoms with Crippen molar-refractivity contribution < 1.29 is 9.66 Å². The van der Waals surface area contributed by atoms with E-state index >= 15 is 0 Å². The first kappa shape index (κ1) is 15.1. The highest BCUT2D eigenvalue weighted by atomic mass is 32.2. The van der Waals surface area contributed by atoms with Crippen LogP contribution in [-0.4, -0.2) is 11.2 Å². The molecule has 0 aliphatic carbocycles. The van der Waals surface area contributed by atoms with Crippen LogP contribution in [0.4, 0.5) is 11.4 Å². The largest absolute Gasteiger partial charge is 0.489 e. The average molecular weight is 305 g/mol. The van der Waals surface area contributed by atoms with Crippen LogP contribution in [0.5, 0.6) is 5.75 Å². The Morgan fingerprint density at radius 2 is 2.00 bits per heavy atom. The summed E-state index contributed by atoms with van der Waals surface area (Å²) in [6.07, 6.45) is 2.00. The van der Waals surface area contributed by atoms with Gasteiger partial charge in [-0.1, -0.05) is 12.1 Å². The fourth-order valence-corrected chi connectivity index (χ4v) is 2.27. The zero-order valence-electron chi connectivity index (χ0n) is 11.4. The number of nitro benzene ring substituents is 1. The van der Waals surface area contributed by atoms with Gasteiger partial charge in [0.15, 0.2) is 0 Å². The fourth-order valence-electron chi connectivity index (χ4n) is 1.86. The number of nitrogen functional groups attached to an aromatic ring is 1. The number of hydrazine groups is 1. The molecule has 0 unspecified atom stereocenters. The molecule has 3 N–H and O–H groups in total. The molecule has 21 heavy (non-hydrogen) atoms. The zero-order chi connectivity index (χ0) is 15.2. The van der Waals surface area contributed by atoms with Gasteiger partial charge in [-0.25, -0.2) is 0 Å². The predicted molar refractivity (Wildman–Crippen MR) is 83.5 cm³/mol. The molecule has 0 radical (unpaired) electrons. The topological polar surface area (TPSA) is 90.4 Å². The third-order valence-corrected chi connectivity index (χ3v) is 3.67. The third-order valence-electron chi connectivity index (χ3n) is 2.92. The molecule has 0 fully saturated rings. The molecule has 2 rings (SSSR count). The van der Waals surface area contributed by atoms with Gasteiger partial charge in [-0.05, 0) is 30.5 Å². The number of nitrogens with zero attached hydrogens (tertiary/aromatic N) is 1. The molecule has 0 amide bonds. The SMILES string of the molecule is CSc1ccc(OCc2cccc([N+](=O)[O-])c2NN)cc1. The van der Waals surface area contributed by atoms with E-state index < -0.39 is 4.92 Å². The number of rotatable bonds is 6. The lowest BCUT2D eigenvalue weighted by atomic mass is 10.1. The second-order valence-electron chi connectivity index (χ2n) is 4.18. The Labute approximate surface area is 126 Å². The number of nitrogens with one attached hydrogen (secondary N) is 1. The van der Waals surface area contributed by atoms with Crippen molar-refractivity contribution in [1.82, 2.24) is 0 Å². The van der Waals surface area contributed by atoms with Crippen LogP contribution in [0.25, 0.3) is 0 Å². The summed E-state index contributed by atoms with van der Waals surface area (Å²) in [6, 6.07) is 12.4. The maximum Gasteiger partial charge on any atom is 0.294 e. The van der Waals surface area contributed by atoms with Crippen molar-refractivity contribution in [2.24, 2.45) is 5.84 Å². The number of nitro groups is 1. The first-order chi connectivity index (χ1) is 10.2. The lowest BCUT2D eigenvalue weighted by Gasteiger charge is -2.11. The van der Waals surface area contributed by atoms with Gasteiger partial charge in [-0.2, -0.15) is 0 Å². The summed E-state index contributed by atoms with van der Waals surface area (Å²) in [4.78, 5) is 11.6. The molecular formula is C14H15N3O3S. The summed E-state index contributed by atoms with van der Waals surface area (Å²) >= 11 is 1.65. The molecule has 2 aromatic rings. The number of anilines is 1. The Hall–Kier alpha value is -2.25. The van der Waals surface area contributed by atoms with Crippen molar-refractivity contribution >= 4 is 23.1 Å². The van der Waals surface area contributed by atoms with Gasteiger partial charge in [-0.3, -0.25) is 16.0 Å². The van der Waals surface area contributed by atoms with E-state index in [4.69, 9.17) is 10.6 Å². The minimum atomic E-state index is -0.480. The smallest absolute Gasteiger partial charge is 0.294 e. The van der Waals surface area contributed by atoms with Crippen LogP contribution in [0.15, 0.2) is 47.4 Å². The first-order valence-electron chi connectivity index (χ1n) is 6.15. The number of benzene rings is 2. The molecule has 2 aromatic carbocycles. The van der Waals surface area contributed by atoms with E-state index in [-0.39, 0.29) is 18.0 Å². The molecule has 0 aromatic heterocycles. The highest BCUT2D eigenvalue weighted by Crippen LogP contribution is 2.28. The lowest BCUT2D eigenvalue weighted by Crippen LogP contribution is -2.12. The van der Waals surface area contributed by atoms with Crippen molar-refractivity contribution in [2.75, 3.05) is 11.7 Å². The van der Waals surface area contributed by atoms with Gasteiger partial charge in [-0.15, -0.1) is 11.8 Å². The van der Waals surface area contributed by atoms with Crippen LogP contribution in [0.1, 0.15) is 5.56 Å². The van der Waals surface area contributed by atoms with Gasteiger partial charge in [0.2, 0.25) is 0 Å². The Morgan fingerprint density at radius 1 is 1.29 bits per heavy atom. The lowest BCUT2D eigenvalue weighted by molar-refractivity contribution is -0.384. The molecular weight excluding hydrogens is 290 g/mol. The standard InChI is InChI=1S/C14H15N3O3S/c1-21-12-7-5-11(6-8-12)20-9-10-3-2-4-13(17(18)19)14(10)16-15/h2-8,16H,9,15H2,1H3. The van der Waals surface area contributed by atoms with Crippen molar-refractivity contribution in [3.05, 3.63) is 58.1 Å². The van der Waals surface area contributed by atoms with E-state index in [1.165, 1.54) is 6.07 Å². The monoisotopic (exact) mass is 305 g/mol. The van der Waals surface area contributed by atoms with Crippen LogP contribution < -0.4 is 16.0 Å². The van der Waals surface area contributed by atoms with Gasteiger partial charge in [0.05, 0.1) is 4.92 Å². The molecule has 0 spiro atoms. The number of nitrogens with two attached hydrogens (primary N) is 1. The number of hydrogen-bond acceptors (Lipinski definition) is 6. The normalized spacial score (nSPS) is 10.2. The molecule has 0 heterocycles. The summed E-state index contributed by atoms with van der Waals surface area (Å²) in [6.45, 7) is 0.194. The van der Waals surface area contributed by atoms with Crippen LogP contribution in [0, 0.1) is 10.1 Å². The number of para-hydroxylation sites is 1. The minimum Gasteiger partial charge on any atom is -0.489 e. The number of hydrogen-bond donors (Lipinski definition) is 2. The van der Waals surface area contributed by atoms with E-state index in [1.807, 2.05) is 30.5 Å². The Bertz CT molecular complexity index is 632. The van der Waals surface area contributed by atoms with Gasteiger partial charge < -0.3 is 10.2 Å². The quantitative estimate of drug-likeness (QED) is 0.369. The number of ether oxygens (including phenoxy) is 1. The molecule has 6 nitrogen and oxygen atoms in total. The van der Waals surface area contributed by atoms with Gasteiger partial charge in [0.25, 0.3) is 5.69 Å². The maximum absolute atomic E-state index is 10.9. The molecule has 0 saturated carbocycles. The molecule has 0 aliphatic heterocycles. The molecule has 0 saturated heterocycles. The van der Waals surface area contributed by atoms with E-state index in [0.717, 1.165) is 4.90 Å². The molecule has 110 valence electrons. The summed E-state index contributed by atoms with van der Waals surface area (Å²) < 4.78 is 5.64. The van der Waals surface area contributed by atoms with Crippen LogP contribution >= 0.6 is 11.8 Å². The second kappa shape index (κ2) is 6.96. The average Bonchev–Trinajstić information content (AvgIpc) is 2.52. The predicted octanol–water partition coefficient (Wildman–Crippen LogP) is 3.18. The summed E-state index contributed by atoms with van der Waals surface area (Å²) in [7, 11) is 0. The highest BCUT2D eigenvalue weighted by Gasteiger charge is 2.16. The van der Waals surface area contributed by atoms with E-state index in [9.17, 15) is 10.1 Å². The van der Waals surface area contributed by atoms with Gasteiger partial charge in [0, 0.05) is 16.5 Å². The Kier molecular flexibility index (Phi) is 5.02. The van der Waals surface area contributed by atoms with E-state index in [2.05, 4.69) is 5.43 Å². The molecule has 0 atom stereocenters. The summed E-state index contributed by atoms with van der Waals surface area (Å²) in [5.74, 6) is 6.08. The highest BCUT2D eigenvalue weighted by molar-refractivity contribution is 7.98. The Balaban J connectivity index is 2.15. The van der Waals surface area contributed by atoms with Gasteiger partial charge in [0.1, 0.15) is 18.0 Å². The van der Waals surface area contributed by atoms with Crippen molar-refractivity contribution in [3.8, 4) is 5.75 Å². The van der Waals surface area contributed by atoms with Crippen molar-refractivity contribution in [2.45, 2.75) is 11.5 Å². The fraction of sp³-hybridized carbons (Fsp3) is 0.143. The summed E-state index contributed by atoms with van der Waals surface area (Å²) in [5.41, 5.74) is 3.19. The van der Waals surface area contributed by atoms with Crippen LogP contribution in [-0.2, 0) is 6.61 Å². The maximum atomic E-state index is 10.9. The zero-order valence-corrected chi connectivity index (χ0v) is 12.2. The molecule has 0 bridgehead atoms. The summed E-state index contributed by atoms with van der Waals surface area (Å²) in [5, 5.41) is 10.9. The minimum absolute atomic E-state index is 0.0728. The Morgan fingerprint density at radius 3 is 2.57 bits per heavy atom. The first-order valence-corrected chi connectivity index (χ1v) is 7.38. The van der Waals surface area contributed by atoms with Gasteiger partial charge >= 0.3 is 0 Å². The van der Waals surface area contributed by atoms with E-state index in [1.54, 1.807) is 23.9 Å². The van der Waals surface area contributed by atoms with Crippen molar-refractivity contribution in [1.29, 1.82) is 0 Å². The second-order valence-corrected chi connectivity index (χ2v) is 5.06. The molecule has 0 aliphatic rings. The van der Waals surface area contributed by atoms with Crippen molar-refractivity contribution in [3.63, 3.8) is 0 Å². The number of thioether (sulfide) groups is 1. The molecule has 7 heteroatoms. The van der Waals surface area contributed by atoms with Crippen LogP contribution in [0.3, 0.4) is 0 Å². The van der Waals surface area contributed by atoms with Crippen LogP contribution in [0.2, 0.25) is 0 Å².